The second-order valence-corrected chi connectivity index (χ2v) is 5.87. The molecule has 0 aliphatic carbocycles. The van der Waals surface area contributed by atoms with E-state index in [1.165, 1.54) is 0 Å². The highest BCUT2D eigenvalue weighted by Gasteiger charge is 2.09. The molecule has 1 aliphatic heterocycles. The highest BCUT2D eigenvalue weighted by Crippen LogP contribution is 2.15. The van der Waals surface area contributed by atoms with Crippen LogP contribution in [0, 0.1) is 0 Å². The molecule has 1 aromatic rings. The molecule has 132 valence electrons. The summed E-state index contributed by atoms with van der Waals surface area (Å²) >= 11 is 5.23. The molecule has 24 heavy (non-hydrogen) atoms. The Morgan fingerprint density at radius 2 is 2.17 bits per heavy atom. The molecule has 2 rings (SSSR count). The van der Waals surface area contributed by atoms with Crippen molar-refractivity contribution in [2.24, 2.45) is 5.10 Å². The minimum Gasteiger partial charge on any atom is -0.493 e. The van der Waals surface area contributed by atoms with Gasteiger partial charge in [0.25, 0.3) is 0 Å². The van der Waals surface area contributed by atoms with Gasteiger partial charge in [-0.05, 0) is 30.8 Å². The largest absolute Gasteiger partial charge is 0.493 e. The zero-order valence-electron chi connectivity index (χ0n) is 14.2. The van der Waals surface area contributed by atoms with E-state index < -0.39 is 0 Å². The molecule has 0 unspecified atom stereocenters. The number of hydrogen-bond donors (Lipinski definition) is 2. The Bertz CT molecular complexity index is 533. The Morgan fingerprint density at radius 3 is 2.96 bits per heavy atom. The van der Waals surface area contributed by atoms with Gasteiger partial charge in [-0.25, -0.2) is 0 Å². The van der Waals surface area contributed by atoms with E-state index in [2.05, 4.69) is 27.7 Å². The van der Waals surface area contributed by atoms with Crippen molar-refractivity contribution in [1.29, 1.82) is 0 Å². The second kappa shape index (κ2) is 11.0. The molecule has 1 aliphatic rings. The summed E-state index contributed by atoms with van der Waals surface area (Å²) in [6.07, 6.45) is 2.70. The van der Waals surface area contributed by atoms with Crippen molar-refractivity contribution in [2.45, 2.75) is 13.3 Å². The average Bonchev–Trinajstić information content (AvgIpc) is 2.62. The molecule has 7 heteroatoms. The Balaban J connectivity index is 1.70. The summed E-state index contributed by atoms with van der Waals surface area (Å²) in [5.74, 6) is 0.830. The van der Waals surface area contributed by atoms with Gasteiger partial charge in [0.15, 0.2) is 5.11 Å². The van der Waals surface area contributed by atoms with Gasteiger partial charge in [0, 0.05) is 31.7 Å². The number of hydrogen-bond acceptors (Lipinski definition) is 5. The highest BCUT2D eigenvalue weighted by atomic mass is 32.1. The van der Waals surface area contributed by atoms with Gasteiger partial charge in [-0.15, -0.1) is 0 Å². The summed E-state index contributed by atoms with van der Waals surface area (Å²) in [4.78, 5) is 2.35. The predicted octanol–water partition coefficient (Wildman–Crippen LogP) is 1.61. The second-order valence-electron chi connectivity index (χ2n) is 5.47. The first-order valence-corrected chi connectivity index (χ1v) is 8.79. The Morgan fingerprint density at radius 1 is 1.38 bits per heavy atom. The van der Waals surface area contributed by atoms with E-state index in [-0.39, 0.29) is 0 Å². The standard InChI is InChI=1S/C17H26N4O2S/c1-2-11-23-16-6-4-3-5-15(16)14-19-20-17(24)18-7-8-21-9-12-22-13-10-21/h3-6,14H,2,7-13H2,1H3,(H2,18,20,24)/b19-14+. The lowest BCUT2D eigenvalue weighted by atomic mass is 10.2. The van der Waals surface area contributed by atoms with Crippen LogP contribution in [-0.4, -0.2) is 62.2 Å². The predicted molar refractivity (Wildman–Crippen MR) is 101 cm³/mol. The minimum atomic E-state index is 0.520. The molecule has 0 saturated carbocycles. The number of nitrogens with zero attached hydrogens (tertiary/aromatic N) is 2. The van der Waals surface area contributed by atoms with Crippen LogP contribution in [0.1, 0.15) is 18.9 Å². The molecular weight excluding hydrogens is 324 g/mol. The van der Waals surface area contributed by atoms with Crippen molar-refractivity contribution in [3.8, 4) is 5.75 Å². The smallest absolute Gasteiger partial charge is 0.187 e. The lowest BCUT2D eigenvalue weighted by Crippen LogP contribution is -2.42. The topological polar surface area (TPSA) is 58.1 Å². The SMILES string of the molecule is CCCOc1ccccc1/C=N/NC(=S)NCCN1CCOCC1. The molecule has 0 radical (unpaired) electrons. The molecule has 0 aromatic heterocycles. The molecule has 6 nitrogen and oxygen atoms in total. The Labute approximate surface area is 149 Å². The monoisotopic (exact) mass is 350 g/mol. The van der Waals surface area contributed by atoms with Crippen LogP contribution in [-0.2, 0) is 4.74 Å². The van der Waals surface area contributed by atoms with E-state index in [1.807, 2.05) is 24.3 Å². The first-order valence-electron chi connectivity index (χ1n) is 8.38. The summed E-state index contributed by atoms with van der Waals surface area (Å²) < 4.78 is 11.0. The number of nitrogens with one attached hydrogen (secondary N) is 2. The van der Waals surface area contributed by atoms with Crippen molar-refractivity contribution in [3.05, 3.63) is 29.8 Å². The molecule has 0 atom stereocenters. The van der Waals surface area contributed by atoms with Crippen molar-refractivity contribution in [1.82, 2.24) is 15.6 Å². The summed E-state index contributed by atoms with van der Waals surface area (Å²) in [7, 11) is 0. The number of thiocarbonyl (C=S) groups is 1. The van der Waals surface area contributed by atoms with Gasteiger partial charge in [-0.1, -0.05) is 19.1 Å². The summed E-state index contributed by atoms with van der Waals surface area (Å²) in [6.45, 7) is 8.10. The first kappa shape index (κ1) is 18.6. The highest BCUT2D eigenvalue weighted by molar-refractivity contribution is 7.80. The molecule has 1 saturated heterocycles. The van der Waals surface area contributed by atoms with Crippen LogP contribution in [0.5, 0.6) is 5.75 Å². The quantitative estimate of drug-likeness (QED) is 0.422. The normalized spacial score (nSPS) is 15.4. The third-order valence-electron chi connectivity index (χ3n) is 3.57. The van der Waals surface area contributed by atoms with Crippen LogP contribution in [0.2, 0.25) is 0 Å². The third kappa shape index (κ3) is 6.82. The van der Waals surface area contributed by atoms with Crippen LogP contribution in [0.4, 0.5) is 0 Å². The van der Waals surface area contributed by atoms with Gasteiger partial charge in [-0.2, -0.15) is 5.10 Å². The van der Waals surface area contributed by atoms with Gasteiger partial charge in [-0.3, -0.25) is 10.3 Å². The summed E-state index contributed by atoms with van der Waals surface area (Å²) in [5, 5.41) is 7.86. The van der Waals surface area contributed by atoms with Crippen LogP contribution >= 0.6 is 12.2 Å². The molecule has 2 N–H and O–H groups in total. The Hall–Kier alpha value is -1.70. The van der Waals surface area contributed by atoms with E-state index in [1.54, 1.807) is 6.21 Å². The molecule has 1 heterocycles. The van der Waals surface area contributed by atoms with Crippen molar-refractivity contribution in [3.63, 3.8) is 0 Å². The minimum absolute atomic E-state index is 0.520. The van der Waals surface area contributed by atoms with Crippen LogP contribution in [0.3, 0.4) is 0 Å². The lowest BCUT2D eigenvalue weighted by molar-refractivity contribution is 0.0389. The Kier molecular flexibility index (Phi) is 8.51. The number of para-hydroxylation sites is 1. The maximum atomic E-state index is 5.69. The number of rotatable bonds is 8. The van der Waals surface area contributed by atoms with Gasteiger partial charge in [0.1, 0.15) is 5.75 Å². The van der Waals surface area contributed by atoms with Gasteiger partial charge >= 0.3 is 0 Å². The van der Waals surface area contributed by atoms with Crippen LogP contribution < -0.4 is 15.5 Å². The van der Waals surface area contributed by atoms with Crippen molar-refractivity contribution >= 4 is 23.5 Å². The van der Waals surface area contributed by atoms with E-state index in [9.17, 15) is 0 Å². The zero-order chi connectivity index (χ0) is 17.0. The van der Waals surface area contributed by atoms with Crippen molar-refractivity contribution in [2.75, 3.05) is 46.0 Å². The lowest BCUT2D eigenvalue weighted by Gasteiger charge is -2.26. The van der Waals surface area contributed by atoms with E-state index in [0.717, 1.165) is 57.1 Å². The maximum absolute atomic E-state index is 5.69. The molecule has 0 amide bonds. The van der Waals surface area contributed by atoms with E-state index >= 15 is 0 Å². The summed E-state index contributed by atoms with van der Waals surface area (Å²) in [5.41, 5.74) is 3.77. The molecule has 0 bridgehead atoms. The number of ether oxygens (including phenoxy) is 2. The molecular formula is C17H26N4O2S. The fourth-order valence-electron chi connectivity index (χ4n) is 2.28. The van der Waals surface area contributed by atoms with Crippen molar-refractivity contribution < 1.29 is 9.47 Å². The first-order chi connectivity index (χ1) is 11.8. The van der Waals surface area contributed by atoms with E-state index in [4.69, 9.17) is 21.7 Å². The summed E-state index contributed by atoms with van der Waals surface area (Å²) in [6, 6.07) is 7.81. The fraction of sp³-hybridized carbons (Fsp3) is 0.529. The maximum Gasteiger partial charge on any atom is 0.187 e. The van der Waals surface area contributed by atoms with Crippen LogP contribution in [0.15, 0.2) is 29.4 Å². The van der Waals surface area contributed by atoms with Gasteiger partial charge in [0.2, 0.25) is 0 Å². The molecule has 0 spiro atoms. The average molecular weight is 350 g/mol. The third-order valence-corrected chi connectivity index (χ3v) is 3.80. The van der Waals surface area contributed by atoms with Gasteiger partial charge in [0.05, 0.1) is 26.0 Å². The fourth-order valence-corrected chi connectivity index (χ4v) is 2.44. The van der Waals surface area contributed by atoms with Crippen LogP contribution in [0.25, 0.3) is 0 Å². The van der Waals surface area contributed by atoms with E-state index in [0.29, 0.717) is 11.7 Å². The number of hydrazone groups is 1. The molecule has 1 aromatic carbocycles. The number of benzene rings is 1. The number of morpholine rings is 1. The van der Waals surface area contributed by atoms with Gasteiger partial charge < -0.3 is 14.8 Å². The molecule has 1 fully saturated rings. The zero-order valence-corrected chi connectivity index (χ0v) is 15.0.